The van der Waals surface area contributed by atoms with E-state index in [0.717, 1.165) is 0 Å². The zero-order chi connectivity index (χ0) is 44.6. The Morgan fingerprint density at radius 1 is 0.603 bits per heavy atom. The highest BCUT2D eigenvalue weighted by Gasteiger charge is 2.44. The van der Waals surface area contributed by atoms with Crippen molar-refractivity contribution in [3.8, 4) is 22.8 Å². The number of rotatable bonds is 14. The smallest absolute Gasteiger partial charge is 0.250 e. The van der Waals surface area contributed by atoms with E-state index in [1.807, 2.05) is 12.1 Å². The van der Waals surface area contributed by atoms with Crippen LogP contribution in [0.15, 0.2) is 120 Å². The molecule has 4 aromatic carbocycles. The summed E-state index contributed by atoms with van der Waals surface area (Å²) in [5.41, 5.74) is 3.56. The van der Waals surface area contributed by atoms with Crippen LogP contribution in [0.5, 0.6) is 0 Å². The number of benzene rings is 4. The van der Waals surface area contributed by atoms with Crippen molar-refractivity contribution in [2.75, 3.05) is 37.9 Å². The van der Waals surface area contributed by atoms with Crippen molar-refractivity contribution in [3.63, 3.8) is 0 Å². The zero-order valence-electron chi connectivity index (χ0n) is 35.3. The first-order valence-corrected chi connectivity index (χ1v) is 20.5. The van der Waals surface area contributed by atoms with E-state index in [1.165, 1.54) is 37.9 Å². The van der Waals surface area contributed by atoms with Gasteiger partial charge in [0, 0.05) is 76.5 Å². The van der Waals surface area contributed by atoms with Gasteiger partial charge in [-0.1, -0.05) is 60.7 Å². The maximum absolute atomic E-state index is 13.9. The fourth-order valence-electron chi connectivity index (χ4n) is 7.93. The normalized spacial score (nSPS) is 19.2. The van der Waals surface area contributed by atoms with E-state index < -0.39 is 47.8 Å². The number of methoxy groups -OCH3 is 2. The van der Waals surface area contributed by atoms with E-state index in [1.54, 1.807) is 103 Å². The molecule has 63 heavy (non-hydrogen) atoms. The maximum Gasteiger partial charge on any atom is 0.250 e. The number of hydrogen-bond donors (Lipinski definition) is 4. The van der Waals surface area contributed by atoms with Gasteiger partial charge in [-0.3, -0.25) is 28.8 Å². The van der Waals surface area contributed by atoms with Crippen LogP contribution in [0.4, 0.5) is 11.4 Å². The third-order valence-electron chi connectivity index (χ3n) is 11.2. The summed E-state index contributed by atoms with van der Waals surface area (Å²) in [6.07, 6.45) is 1.43. The summed E-state index contributed by atoms with van der Waals surface area (Å²) in [6.45, 7) is 3.06. The van der Waals surface area contributed by atoms with Gasteiger partial charge in [-0.25, -0.2) is 4.98 Å². The molecule has 0 radical (unpaired) electrons. The number of ether oxygens (including phenoxy) is 2. The molecule has 0 aliphatic carbocycles. The number of amides is 6. The van der Waals surface area contributed by atoms with Gasteiger partial charge in [0.25, 0.3) is 11.8 Å². The van der Waals surface area contributed by atoms with Crippen LogP contribution < -0.4 is 21.3 Å². The Morgan fingerprint density at radius 2 is 1.02 bits per heavy atom. The highest BCUT2D eigenvalue weighted by molar-refractivity contribution is 6.00. The monoisotopic (exact) mass is 855 g/mol. The van der Waals surface area contributed by atoms with Gasteiger partial charge in [0.1, 0.15) is 24.2 Å². The van der Waals surface area contributed by atoms with Crippen LogP contribution in [0, 0.1) is 0 Å². The summed E-state index contributed by atoms with van der Waals surface area (Å²) in [6, 6.07) is 28.1. The number of carbonyl (C=O) groups is 6. The average Bonchev–Trinajstić information content (AvgIpc) is 4.08. The van der Waals surface area contributed by atoms with E-state index in [9.17, 15) is 28.8 Å². The van der Waals surface area contributed by atoms with Gasteiger partial charge in [-0.05, 0) is 59.7 Å². The van der Waals surface area contributed by atoms with E-state index in [0.29, 0.717) is 45.3 Å². The first-order valence-electron chi connectivity index (χ1n) is 20.5. The molecule has 5 aromatic rings. The van der Waals surface area contributed by atoms with Gasteiger partial charge in [-0.15, -0.1) is 0 Å². The van der Waals surface area contributed by atoms with Crippen LogP contribution in [0.25, 0.3) is 22.8 Å². The van der Waals surface area contributed by atoms with Gasteiger partial charge in [-0.2, -0.15) is 0 Å². The predicted molar refractivity (Wildman–Crippen MR) is 232 cm³/mol. The Morgan fingerprint density at radius 3 is 1.41 bits per heavy atom. The van der Waals surface area contributed by atoms with E-state index in [4.69, 9.17) is 13.9 Å². The molecule has 1 aromatic heterocycles. The van der Waals surface area contributed by atoms with Crippen LogP contribution in [0.1, 0.15) is 49.9 Å². The lowest BCUT2D eigenvalue weighted by Crippen LogP contribution is -2.48. The largest absolute Gasteiger partial charge is 0.436 e. The van der Waals surface area contributed by atoms with Crippen molar-refractivity contribution in [3.05, 3.63) is 127 Å². The van der Waals surface area contributed by atoms with Gasteiger partial charge >= 0.3 is 0 Å². The molecule has 16 heteroatoms. The molecular weight excluding hydrogens is 807 g/mol. The number of nitrogens with one attached hydrogen (secondary N) is 4. The van der Waals surface area contributed by atoms with Crippen molar-refractivity contribution in [2.24, 2.45) is 0 Å². The molecule has 326 valence electrons. The van der Waals surface area contributed by atoms with E-state index in [-0.39, 0.29) is 50.0 Å². The molecule has 2 fully saturated rings. The van der Waals surface area contributed by atoms with Crippen LogP contribution >= 0.6 is 0 Å². The predicted octanol–water partition coefficient (Wildman–Crippen LogP) is 4.87. The molecule has 2 aliphatic heterocycles. The number of anilines is 2. The summed E-state index contributed by atoms with van der Waals surface area (Å²) in [7, 11) is 3.07. The second-order valence-electron chi connectivity index (χ2n) is 15.5. The highest BCUT2D eigenvalue weighted by atomic mass is 16.5. The number of oxazole rings is 1. The fraction of sp³-hybridized carbons (Fsp3) is 0.298. The van der Waals surface area contributed by atoms with Crippen molar-refractivity contribution >= 4 is 46.8 Å². The summed E-state index contributed by atoms with van der Waals surface area (Å²) in [5, 5.41) is 11.3. The molecule has 0 saturated carbocycles. The minimum atomic E-state index is -0.966. The second kappa shape index (κ2) is 19.7. The van der Waals surface area contributed by atoms with Gasteiger partial charge < -0.3 is 45.0 Å². The molecule has 0 spiro atoms. The summed E-state index contributed by atoms with van der Waals surface area (Å²) < 4.78 is 17.2. The molecule has 2 aliphatic rings. The molecule has 6 unspecified atom stereocenters. The molecule has 7 rings (SSSR count). The average molecular weight is 856 g/mol. The van der Waals surface area contributed by atoms with E-state index in [2.05, 4.69) is 26.3 Å². The quantitative estimate of drug-likeness (QED) is 0.119. The highest BCUT2D eigenvalue weighted by Crippen LogP contribution is 2.31. The maximum atomic E-state index is 13.9. The molecule has 0 bridgehead atoms. The molecule has 16 nitrogen and oxygen atoms in total. The first-order chi connectivity index (χ1) is 30.4. The lowest BCUT2D eigenvalue weighted by atomic mass is 10.0. The van der Waals surface area contributed by atoms with Crippen LogP contribution in [0.2, 0.25) is 0 Å². The number of likely N-dealkylation sites (tertiary alicyclic amines) is 2. The minimum absolute atomic E-state index is 0.188. The van der Waals surface area contributed by atoms with Crippen molar-refractivity contribution < 1.29 is 42.7 Å². The van der Waals surface area contributed by atoms with Gasteiger partial charge in [0.2, 0.25) is 29.5 Å². The van der Waals surface area contributed by atoms with Crippen LogP contribution in [0.3, 0.4) is 0 Å². The Labute approximate surface area is 364 Å². The number of hydrogen-bond acceptors (Lipinski definition) is 10. The molecule has 4 N–H and O–H groups in total. The number of carbonyl (C=O) groups excluding carboxylic acids is 6. The summed E-state index contributed by atoms with van der Waals surface area (Å²) in [4.78, 5) is 86.6. The third kappa shape index (κ3) is 10.3. The van der Waals surface area contributed by atoms with E-state index >= 15 is 0 Å². The fourth-order valence-corrected chi connectivity index (χ4v) is 7.93. The molecule has 6 atom stereocenters. The standard InChI is InChI=1S/C47H49N7O9/c1-28(55)49-41(31-11-7-5-8-12-31)46(59)53-26-36(61-3)23-38(53)43(57)51-34-19-15-30(16-20-34)40-25-48-45(63-40)33-17-21-35(22-18-33)52-44(58)39-24-37(62-4)27-54(39)47(60)42(50-29(2)56)32-13-9-6-10-14-32/h5-22,25,36-39,41-42H,23-24,26-27H2,1-4H3,(H,49,55)(H,50,56)(H,51,57)(H,52,58). The van der Waals surface area contributed by atoms with Crippen molar-refractivity contribution in [1.29, 1.82) is 0 Å². The number of nitrogens with zero attached hydrogens (tertiary/aromatic N) is 3. The second-order valence-corrected chi connectivity index (χ2v) is 15.5. The number of aromatic nitrogens is 1. The first kappa shape index (κ1) is 43.9. The Bertz CT molecular complexity index is 2260. The molecule has 2 saturated heterocycles. The Balaban J connectivity index is 0.981. The SMILES string of the molecule is COC1CC(C(=O)Nc2ccc(-c3cnc(-c4ccc(NC(=O)C5CC(OC)CN5C(=O)C(NC(C)=O)c5ccccc5)cc4)o3)cc2)N(C(=O)C(NC(C)=O)c2ccccc2)C1. The van der Waals surface area contributed by atoms with Crippen LogP contribution in [-0.2, 0) is 38.2 Å². The van der Waals surface area contributed by atoms with Crippen molar-refractivity contribution in [2.45, 2.75) is 63.1 Å². The lowest BCUT2D eigenvalue weighted by Gasteiger charge is -2.28. The summed E-state index contributed by atoms with van der Waals surface area (Å²) >= 11 is 0. The minimum Gasteiger partial charge on any atom is -0.436 e. The Hall–Kier alpha value is -7.17. The third-order valence-corrected chi connectivity index (χ3v) is 11.2. The molecule has 3 heterocycles. The molecular formula is C47H49N7O9. The molecule has 6 amide bonds. The zero-order valence-corrected chi connectivity index (χ0v) is 35.3. The Kier molecular flexibility index (Phi) is 13.7. The lowest BCUT2D eigenvalue weighted by molar-refractivity contribution is -0.140. The van der Waals surface area contributed by atoms with Crippen molar-refractivity contribution in [1.82, 2.24) is 25.4 Å². The van der Waals surface area contributed by atoms with Gasteiger partial charge in [0.05, 0.1) is 18.4 Å². The van der Waals surface area contributed by atoms with Crippen LogP contribution in [-0.4, -0.2) is 102 Å². The topological polar surface area (TPSA) is 202 Å². The summed E-state index contributed by atoms with van der Waals surface area (Å²) in [5.74, 6) is -1.53. The van der Waals surface area contributed by atoms with Gasteiger partial charge in [0.15, 0.2) is 5.76 Å².